The van der Waals surface area contributed by atoms with Crippen LogP contribution in [0.25, 0.3) is 0 Å². The molecule has 20 heavy (non-hydrogen) atoms. The molecule has 0 radical (unpaired) electrons. The van der Waals surface area contributed by atoms with Crippen molar-refractivity contribution < 1.29 is 8.42 Å². The van der Waals surface area contributed by atoms with E-state index in [1.165, 1.54) is 11.3 Å². The summed E-state index contributed by atoms with van der Waals surface area (Å²) in [5.41, 5.74) is 1.03. The highest BCUT2D eigenvalue weighted by molar-refractivity contribution is 7.91. The monoisotopic (exact) mass is 316 g/mol. The summed E-state index contributed by atoms with van der Waals surface area (Å²) in [6.45, 7) is 7.00. The quantitative estimate of drug-likeness (QED) is 0.775. The van der Waals surface area contributed by atoms with Crippen molar-refractivity contribution in [2.24, 2.45) is 5.92 Å². The van der Waals surface area contributed by atoms with E-state index in [4.69, 9.17) is 0 Å². The molecule has 1 aliphatic rings. The lowest BCUT2D eigenvalue weighted by atomic mass is 10.2. The van der Waals surface area contributed by atoms with Crippen LogP contribution in [0.2, 0.25) is 0 Å². The van der Waals surface area contributed by atoms with Gasteiger partial charge in [-0.25, -0.2) is 13.1 Å². The van der Waals surface area contributed by atoms with Gasteiger partial charge in [0.25, 0.3) is 0 Å². The largest absolute Gasteiger partial charge is 0.310 e. The van der Waals surface area contributed by atoms with E-state index in [9.17, 15) is 8.42 Å². The van der Waals surface area contributed by atoms with Crippen LogP contribution in [-0.2, 0) is 16.6 Å². The van der Waals surface area contributed by atoms with Crippen molar-refractivity contribution in [2.75, 3.05) is 0 Å². The molecule has 0 aliphatic heterocycles. The van der Waals surface area contributed by atoms with Crippen molar-refractivity contribution in [2.45, 2.75) is 62.9 Å². The Morgan fingerprint density at radius 1 is 1.45 bits per heavy atom. The van der Waals surface area contributed by atoms with Crippen molar-refractivity contribution in [3.05, 3.63) is 17.0 Å². The van der Waals surface area contributed by atoms with Crippen LogP contribution < -0.4 is 10.0 Å². The van der Waals surface area contributed by atoms with Crippen LogP contribution in [0.15, 0.2) is 15.7 Å². The molecule has 2 unspecified atom stereocenters. The second kappa shape index (κ2) is 6.56. The van der Waals surface area contributed by atoms with Crippen LogP contribution >= 0.6 is 11.3 Å². The molecule has 1 fully saturated rings. The fraction of sp³-hybridized carbons (Fsp3) is 0.714. The minimum absolute atomic E-state index is 0.152. The molecule has 0 bridgehead atoms. The van der Waals surface area contributed by atoms with Gasteiger partial charge in [0.2, 0.25) is 10.0 Å². The van der Waals surface area contributed by atoms with Gasteiger partial charge in [0, 0.05) is 18.6 Å². The van der Waals surface area contributed by atoms with Gasteiger partial charge in [-0.1, -0.05) is 27.2 Å². The fourth-order valence-corrected chi connectivity index (χ4v) is 4.79. The topological polar surface area (TPSA) is 58.2 Å². The van der Waals surface area contributed by atoms with Gasteiger partial charge in [0.1, 0.15) is 4.21 Å². The average molecular weight is 316 g/mol. The minimum Gasteiger partial charge on any atom is -0.310 e. The highest BCUT2D eigenvalue weighted by atomic mass is 32.2. The molecule has 0 aromatic carbocycles. The number of thiophene rings is 1. The van der Waals surface area contributed by atoms with Gasteiger partial charge in [0.15, 0.2) is 0 Å². The Bertz CT molecular complexity index is 537. The summed E-state index contributed by atoms with van der Waals surface area (Å²) in [5, 5.41) is 5.21. The second-order valence-corrected chi connectivity index (χ2v) is 8.67. The maximum Gasteiger partial charge on any atom is 0.250 e. The number of nitrogens with one attached hydrogen (secondary N) is 2. The van der Waals surface area contributed by atoms with E-state index in [1.54, 1.807) is 6.07 Å². The molecule has 0 spiro atoms. The first kappa shape index (κ1) is 15.9. The number of rotatable bonds is 8. The van der Waals surface area contributed by atoms with Crippen LogP contribution in [0.1, 0.15) is 45.6 Å². The van der Waals surface area contributed by atoms with E-state index in [1.807, 2.05) is 5.38 Å². The Labute approximate surface area is 126 Å². The molecule has 2 atom stereocenters. The molecule has 6 heteroatoms. The van der Waals surface area contributed by atoms with Crippen molar-refractivity contribution in [1.82, 2.24) is 10.0 Å². The zero-order valence-electron chi connectivity index (χ0n) is 12.3. The van der Waals surface area contributed by atoms with Crippen molar-refractivity contribution in [3.63, 3.8) is 0 Å². The Morgan fingerprint density at radius 3 is 2.85 bits per heavy atom. The van der Waals surface area contributed by atoms with Crippen LogP contribution in [0, 0.1) is 5.92 Å². The molecule has 0 amide bonds. The fourth-order valence-electron chi connectivity index (χ4n) is 2.25. The summed E-state index contributed by atoms with van der Waals surface area (Å²) in [7, 11) is -3.33. The van der Waals surface area contributed by atoms with E-state index < -0.39 is 10.0 Å². The molecule has 1 heterocycles. The zero-order valence-corrected chi connectivity index (χ0v) is 14.0. The molecular weight excluding hydrogens is 292 g/mol. The van der Waals surface area contributed by atoms with E-state index in [-0.39, 0.29) is 6.04 Å². The summed E-state index contributed by atoms with van der Waals surface area (Å²) in [4.78, 5) is 0. The van der Waals surface area contributed by atoms with Crippen LogP contribution in [0.5, 0.6) is 0 Å². The maximum atomic E-state index is 12.3. The molecule has 1 aromatic rings. The highest BCUT2D eigenvalue weighted by Crippen LogP contribution is 2.36. The summed E-state index contributed by atoms with van der Waals surface area (Å²) >= 11 is 1.30. The van der Waals surface area contributed by atoms with Gasteiger partial charge in [-0.2, -0.15) is 0 Å². The van der Waals surface area contributed by atoms with Gasteiger partial charge < -0.3 is 5.32 Å². The molecule has 4 nitrogen and oxygen atoms in total. The Kier molecular flexibility index (Phi) is 5.23. The van der Waals surface area contributed by atoms with Crippen molar-refractivity contribution >= 4 is 21.4 Å². The van der Waals surface area contributed by atoms with Gasteiger partial charge >= 0.3 is 0 Å². The van der Waals surface area contributed by atoms with E-state index in [0.717, 1.165) is 24.8 Å². The molecular formula is C14H24N2O2S2. The van der Waals surface area contributed by atoms with E-state index in [2.05, 4.69) is 30.8 Å². The summed E-state index contributed by atoms with van der Waals surface area (Å²) in [5.74, 6) is 0.539. The van der Waals surface area contributed by atoms with Crippen LogP contribution in [-0.4, -0.2) is 20.5 Å². The predicted molar refractivity (Wildman–Crippen MR) is 83.4 cm³/mol. The van der Waals surface area contributed by atoms with Gasteiger partial charge in [-0.05, 0) is 35.8 Å². The first-order chi connectivity index (χ1) is 9.42. The van der Waals surface area contributed by atoms with Gasteiger partial charge in [0.05, 0.1) is 0 Å². The Hall–Kier alpha value is -0.430. The number of hydrogen-bond donors (Lipinski definition) is 2. The summed E-state index contributed by atoms with van der Waals surface area (Å²) in [6.07, 6.45) is 3.22. The molecule has 2 rings (SSSR count). The molecule has 0 saturated heterocycles. The lowest BCUT2D eigenvalue weighted by Crippen LogP contribution is -2.26. The standard InChI is InChI=1S/C14H24N2O2S2/c1-4-5-12-7-13(12)16-20(17,18)14-6-11(9-19-14)8-15-10(2)3/h6,9-10,12-13,15-16H,4-5,7-8H2,1-3H3. The first-order valence-electron chi connectivity index (χ1n) is 7.25. The second-order valence-electron chi connectivity index (χ2n) is 5.82. The smallest absolute Gasteiger partial charge is 0.250 e. The minimum atomic E-state index is -3.33. The van der Waals surface area contributed by atoms with E-state index >= 15 is 0 Å². The molecule has 1 aliphatic carbocycles. The lowest BCUT2D eigenvalue weighted by molar-refractivity contribution is 0.574. The van der Waals surface area contributed by atoms with Gasteiger partial charge in [-0.3, -0.25) is 0 Å². The third-order valence-corrected chi connectivity index (χ3v) is 6.48. The molecule has 2 N–H and O–H groups in total. The third kappa shape index (κ3) is 4.28. The number of sulfonamides is 1. The Morgan fingerprint density at radius 2 is 2.20 bits per heavy atom. The van der Waals surface area contributed by atoms with Crippen LogP contribution in [0.3, 0.4) is 0 Å². The Balaban J connectivity index is 1.93. The SMILES string of the molecule is CCCC1CC1NS(=O)(=O)c1cc(CNC(C)C)cs1. The normalized spacial score (nSPS) is 22.4. The molecule has 1 aromatic heterocycles. The third-order valence-electron chi connectivity index (χ3n) is 3.50. The average Bonchev–Trinajstić information content (AvgIpc) is 2.91. The first-order valence-corrected chi connectivity index (χ1v) is 9.61. The highest BCUT2D eigenvalue weighted by Gasteiger charge is 2.39. The summed E-state index contributed by atoms with van der Waals surface area (Å²) in [6, 6.07) is 2.33. The maximum absolute atomic E-state index is 12.3. The molecule has 1 saturated carbocycles. The zero-order chi connectivity index (χ0) is 14.8. The lowest BCUT2D eigenvalue weighted by Gasteiger charge is -2.06. The van der Waals surface area contributed by atoms with E-state index in [0.29, 0.717) is 22.7 Å². The number of hydrogen-bond acceptors (Lipinski definition) is 4. The predicted octanol–water partition coefficient (Wildman–Crippen LogP) is 2.71. The van der Waals surface area contributed by atoms with Gasteiger partial charge in [-0.15, -0.1) is 11.3 Å². The summed E-state index contributed by atoms with van der Waals surface area (Å²) < 4.78 is 27.8. The molecule has 114 valence electrons. The van der Waals surface area contributed by atoms with Crippen molar-refractivity contribution in [1.29, 1.82) is 0 Å². The van der Waals surface area contributed by atoms with Crippen LogP contribution in [0.4, 0.5) is 0 Å². The van der Waals surface area contributed by atoms with Crippen molar-refractivity contribution in [3.8, 4) is 0 Å².